The number of hydrogen-bond donors (Lipinski definition) is 1. The molecule has 0 unspecified atom stereocenters. The van der Waals surface area contributed by atoms with Crippen LogP contribution in [-0.4, -0.2) is 44.8 Å². The van der Waals surface area contributed by atoms with Crippen LogP contribution in [0.15, 0.2) is 24.3 Å². The highest BCUT2D eigenvalue weighted by Crippen LogP contribution is 2.41. The van der Waals surface area contributed by atoms with Gasteiger partial charge in [-0.2, -0.15) is 4.52 Å². The molecular weight excluding hydrogens is 348 g/mol. The predicted octanol–water partition coefficient (Wildman–Crippen LogP) is 3.63. The number of rotatable bonds is 4. The number of methoxy groups -OCH3 is 1. The summed E-state index contributed by atoms with van der Waals surface area (Å²) in [6, 6.07) is 8.09. The van der Waals surface area contributed by atoms with Crippen LogP contribution in [0.25, 0.3) is 4.96 Å². The zero-order valence-corrected chi connectivity index (χ0v) is 16.2. The molecule has 1 aromatic carbocycles. The fourth-order valence-electron chi connectivity index (χ4n) is 3.83. The average Bonchev–Trinajstić information content (AvgIpc) is 3.13. The molecule has 0 bridgehead atoms. The van der Waals surface area contributed by atoms with Gasteiger partial charge in [0.2, 0.25) is 10.8 Å². The summed E-state index contributed by atoms with van der Waals surface area (Å²) in [5.74, 6) is 2.33. The van der Waals surface area contributed by atoms with Crippen LogP contribution in [-0.2, 0) is 0 Å². The van der Waals surface area contributed by atoms with Gasteiger partial charge in [0.15, 0.2) is 0 Å². The Morgan fingerprint density at radius 3 is 2.96 bits per heavy atom. The van der Waals surface area contributed by atoms with Crippen LogP contribution < -0.4 is 4.74 Å². The van der Waals surface area contributed by atoms with E-state index in [2.05, 4.69) is 34.0 Å². The maximum absolute atomic E-state index is 10.9. The van der Waals surface area contributed by atoms with E-state index in [1.165, 1.54) is 24.2 Å². The smallest absolute Gasteiger partial charge is 0.230 e. The molecule has 4 rings (SSSR count). The SMILES string of the molecule is COc1cccc([C@H](c2sc3nc(C)nn3c2O)N2CCC[C@@H](C)C2)c1. The van der Waals surface area contributed by atoms with E-state index in [-0.39, 0.29) is 11.9 Å². The molecule has 1 aliphatic rings. The summed E-state index contributed by atoms with van der Waals surface area (Å²) in [5, 5.41) is 15.2. The van der Waals surface area contributed by atoms with Gasteiger partial charge < -0.3 is 9.84 Å². The van der Waals surface area contributed by atoms with Gasteiger partial charge in [-0.3, -0.25) is 4.90 Å². The summed E-state index contributed by atoms with van der Waals surface area (Å²) in [6.07, 6.45) is 2.42. The zero-order valence-electron chi connectivity index (χ0n) is 15.3. The monoisotopic (exact) mass is 372 g/mol. The third-order valence-electron chi connectivity index (χ3n) is 5.02. The number of nitrogens with zero attached hydrogens (tertiary/aromatic N) is 4. The Bertz CT molecular complexity index is 920. The molecule has 1 N–H and O–H groups in total. The molecule has 0 spiro atoms. The maximum Gasteiger partial charge on any atom is 0.230 e. The Morgan fingerprint density at radius 1 is 1.38 bits per heavy atom. The normalized spacial score (nSPS) is 19.7. The molecule has 6 nitrogen and oxygen atoms in total. The lowest BCUT2D eigenvalue weighted by molar-refractivity contribution is 0.149. The molecule has 7 heteroatoms. The van der Waals surface area contributed by atoms with Crippen LogP contribution in [0.4, 0.5) is 0 Å². The minimum absolute atomic E-state index is 0.0262. The Balaban J connectivity index is 1.83. The first-order valence-corrected chi connectivity index (χ1v) is 9.81. The Morgan fingerprint density at radius 2 is 2.23 bits per heavy atom. The van der Waals surface area contributed by atoms with Gasteiger partial charge in [-0.1, -0.05) is 30.4 Å². The number of aromatic hydroxyl groups is 1. The lowest BCUT2D eigenvalue weighted by Crippen LogP contribution is -2.37. The van der Waals surface area contributed by atoms with E-state index in [0.717, 1.165) is 34.2 Å². The molecule has 1 aliphatic heterocycles. The van der Waals surface area contributed by atoms with Crippen LogP contribution in [0, 0.1) is 12.8 Å². The quantitative estimate of drug-likeness (QED) is 0.758. The van der Waals surface area contributed by atoms with Crippen LogP contribution in [0.3, 0.4) is 0 Å². The van der Waals surface area contributed by atoms with Crippen molar-refractivity contribution in [1.82, 2.24) is 19.5 Å². The van der Waals surface area contributed by atoms with Crippen LogP contribution >= 0.6 is 11.3 Å². The number of piperidine rings is 1. The van der Waals surface area contributed by atoms with Crippen LogP contribution in [0.2, 0.25) is 0 Å². The van der Waals surface area contributed by atoms with Gasteiger partial charge in [0.1, 0.15) is 11.6 Å². The summed E-state index contributed by atoms with van der Waals surface area (Å²) in [6.45, 7) is 6.15. The van der Waals surface area contributed by atoms with E-state index >= 15 is 0 Å². The van der Waals surface area contributed by atoms with Gasteiger partial charge in [-0.05, 0) is 49.9 Å². The van der Waals surface area contributed by atoms with Crippen molar-refractivity contribution in [3.63, 3.8) is 0 Å². The molecule has 2 atom stereocenters. The standard InChI is InChI=1S/C19H24N4O2S/c1-12-6-5-9-22(11-12)16(14-7-4-8-15(10-14)25-3)17-18(24)23-19(26-17)20-13(2)21-23/h4,7-8,10,12,16,24H,5-6,9,11H2,1-3H3/t12-,16-/m1/s1. The van der Waals surface area contributed by atoms with E-state index in [9.17, 15) is 5.11 Å². The molecule has 0 radical (unpaired) electrons. The number of fused-ring (bicyclic) bond motifs is 1. The van der Waals surface area contributed by atoms with Crippen molar-refractivity contribution >= 4 is 16.3 Å². The molecule has 2 aromatic heterocycles. The number of hydrogen-bond acceptors (Lipinski definition) is 6. The summed E-state index contributed by atoms with van der Waals surface area (Å²) < 4.78 is 6.98. The van der Waals surface area contributed by atoms with Gasteiger partial charge in [0.25, 0.3) is 0 Å². The molecule has 0 amide bonds. The first-order chi connectivity index (χ1) is 12.6. The number of aromatic nitrogens is 3. The highest BCUT2D eigenvalue weighted by Gasteiger charge is 2.32. The lowest BCUT2D eigenvalue weighted by atomic mass is 9.95. The summed E-state index contributed by atoms with van der Waals surface area (Å²) in [7, 11) is 1.68. The first kappa shape index (κ1) is 17.3. The van der Waals surface area contributed by atoms with Gasteiger partial charge in [-0.25, -0.2) is 4.98 Å². The molecular formula is C19H24N4O2S. The van der Waals surface area contributed by atoms with E-state index in [1.54, 1.807) is 11.6 Å². The van der Waals surface area contributed by atoms with Crippen molar-refractivity contribution in [2.24, 2.45) is 5.92 Å². The molecule has 3 heterocycles. The van der Waals surface area contributed by atoms with Gasteiger partial charge in [0.05, 0.1) is 18.0 Å². The number of ether oxygens (including phenoxy) is 1. The Kier molecular flexibility index (Phi) is 4.58. The predicted molar refractivity (Wildman–Crippen MR) is 102 cm³/mol. The third kappa shape index (κ3) is 3.05. The number of aryl methyl sites for hydroxylation is 1. The molecule has 138 valence electrons. The largest absolute Gasteiger partial charge is 0.497 e. The minimum Gasteiger partial charge on any atom is -0.497 e. The zero-order chi connectivity index (χ0) is 18.3. The second-order valence-electron chi connectivity index (χ2n) is 7.06. The van der Waals surface area contributed by atoms with Gasteiger partial charge >= 0.3 is 0 Å². The summed E-state index contributed by atoms with van der Waals surface area (Å²) >= 11 is 1.51. The van der Waals surface area contributed by atoms with Crippen molar-refractivity contribution in [1.29, 1.82) is 0 Å². The van der Waals surface area contributed by atoms with Crippen molar-refractivity contribution in [3.8, 4) is 11.6 Å². The van der Waals surface area contributed by atoms with Crippen LogP contribution in [0.5, 0.6) is 11.6 Å². The maximum atomic E-state index is 10.9. The molecule has 1 saturated heterocycles. The van der Waals surface area contributed by atoms with E-state index in [1.807, 2.05) is 19.1 Å². The topological polar surface area (TPSA) is 62.9 Å². The number of benzene rings is 1. The second-order valence-corrected chi connectivity index (χ2v) is 8.07. The third-order valence-corrected chi connectivity index (χ3v) is 6.09. The molecule has 1 fully saturated rings. The van der Waals surface area contributed by atoms with Crippen molar-refractivity contribution in [2.45, 2.75) is 32.7 Å². The summed E-state index contributed by atoms with van der Waals surface area (Å²) in [5.41, 5.74) is 1.12. The van der Waals surface area contributed by atoms with E-state index < -0.39 is 0 Å². The lowest BCUT2D eigenvalue weighted by Gasteiger charge is -2.37. The first-order valence-electron chi connectivity index (χ1n) is 9.00. The molecule has 26 heavy (non-hydrogen) atoms. The van der Waals surface area contributed by atoms with Gasteiger partial charge in [-0.15, -0.1) is 5.10 Å². The second kappa shape index (κ2) is 6.89. The highest BCUT2D eigenvalue weighted by atomic mass is 32.1. The number of thiazole rings is 1. The van der Waals surface area contributed by atoms with Crippen LogP contribution in [0.1, 0.15) is 42.1 Å². The average molecular weight is 372 g/mol. The molecule has 0 aliphatic carbocycles. The van der Waals surface area contributed by atoms with Gasteiger partial charge in [0, 0.05) is 6.54 Å². The van der Waals surface area contributed by atoms with Crippen molar-refractivity contribution in [3.05, 3.63) is 40.5 Å². The fraction of sp³-hybridized carbons (Fsp3) is 0.474. The highest BCUT2D eigenvalue weighted by molar-refractivity contribution is 7.17. The summed E-state index contributed by atoms with van der Waals surface area (Å²) in [4.78, 5) is 8.51. The van der Waals surface area contributed by atoms with E-state index in [4.69, 9.17) is 4.74 Å². The fourth-order valence-corrected chi connectivity index (χ4v) is 4.99. The van der Waals surface area contributed by atoms with Crippen molar-refractivity contribution in [2.75, 3.05) is 20.2 Å². The number of likely N-dealkylation sites (tertiary alicyclic amines) is 1. The molecule has 3 aromatic rings. The molecule has 0 saturated carbocycles. The minimum atomic E-state index is -0.0262. The Hall–Kier alpha value is -2.12. The van der Waals surface area contributed by atoms with Crippen molar-refractivity contribution < 1.29 is 9.84 Å². The van der Waals surface area contributed by atoms with E-state index in [0.29, 0.717) is 11.7 Å². The Labute approximate surface area is 157 Å².